The van der Waals surface area contributed by atoms with Gasteiger partial charge in [0.1, 0.15) is 95.4 Å². The van der Waals surface area contributed by atoms with Crippen LogP contribution in [0.4, 0.5) is 0 Å². The smallest absolute Gasteiger partial charge is 0.229 e. The van der Waals surface area contributed by atoms with E-state index in [0.717, 1.165) is 18.2 Å². The quantitative estimate of drug-likeness (QED) is 0.0964. The van der Waals surface area contributed by atoms with Crippen molar-refractivity contribution in [3.63, 3.8) is 0 Å². The molecule has 3 fully saturated rings. The highest BCUT2D eigenvalue weighted by molar-refractivity contribution is 5.86. The molecule has 0 radical (unpaired) electrons. The second-order valence-corrected chi connectivity index (χ2v) is 13.1. The molecule has 1 aromatic heterocycles. The lowest BCUT2D eigenvalue weighted by atomic mass is 9.97. The second kappa shape index (κ2) is 16.2. The van der Waals surface area contributed by atoms with E-state index in [9.17, 15) is 61.0 Å². The van der Waals surface area contributed by atoms with Crippen molar-refractivity contribution >= 4 is 11.0 Å². The third-order valence-electron chi connectivity index (χ3n) is 9.50. The Balaban J connectivity index is 1.18. The Morgan fingerprint density at radius 1 is 0.704 bits per heavy atom. The molecule has 20 nitrogen and oxygen atoms in total. The first kappa shape index (κ1) is 40.0. The van der Waals surface area contributed by atoms with E-state index < -0.39 is 117 Å². The van der Waals surface area contributed by atoms with Gasteiger partial charge in [0, 0.05) is 23.8 Å². The molecule has 4 heterocycles. The van der Waals surface area contributed by atoms with Crippen LogP contribution in [0.15, 0.2) is 45.6 Å². The van der Waals surface area contributed by atoms with Gasteiger partial charge < -0.3 is 93.7 Å². The van der Waals surface area contributed by atoms with Crippen molar-refractivity contribution in [2.75, 3.05) is 20.3 Å². The van der Waals surface area contributed by atoms with Crippen molar-refractivity contribution in [2.45, 2.75) is 99.0 Å². The van der Waals surface area contributed by atoms with Gasteiger partial charge in [0.25, 0.3) is 0 Å². The van der Waals surface area contributed by atoms with Gasteiger partial charge >= 0.3 is 0 Å². The minimum Gasteiger partial charge on any atom is -0.508 e. The summed E-state index contributed by atoms with van der Waals surface area (Å²) >= 11 is 0. The maximum absolute atomic E-state index is 12.7. The van der Waals surface area contributed by atoms with E-state index in [-0.39, 0.29) is 34.0 Å². The van der Waals surface area contributed by atoms with Gasteiger partial charge in [0.2, 0.25) is 6.29 Å². The first-order valence-electron chi connectivity index (χ1n) is 16.8. The monoisotopic (exact) mass is 770 g/mol. The molecule has 0 unspecified atom stereocenters. The molecule has 3 aliphatic heterocycles. The van der Waals surface area contributed by atoms with E-state index in [1.807, 2.05) is 0 Å². The molecule has 15 atom stereocenters. The highest BCUT2D eigenvalue weighted by Crippen LogP contribution is 2.37. The van der Waals surface area contributed by atoms with Gasteiger partial charge in [-0.1, -0.05) is 0 Å². The number of aliphatic hydroxyl groups excluding tert-OH is 9. The van der Waals surface area contributed by atoms with Crippen LogP contribution in [0.1, 0.15) is 6.92 Å². The number of aromatic hydroxyl groups is 2. The molecular formula is C34H42O20. The average Bonchev–Trinajstić information content (AvgIpc) is 3.14. The molecule has 0 spiro atoms. The maximum atomic E-state index is 12.7. The molecule has 20 heteroatoms. The fourth-order valence-electron chi connectivity index (χ4n) is 6.40. The summed E-state index contributed by atoms with van der Waals surface area (Å²) in [7, 11) is 1.29. The molecule has 298 valence electrons. The lowest BCUT2D eigenvalue weighted by Gasteiger charge is -2.46. The Hall–Kier alpha value is -3.71. The van der Waals surface area contributed by atoms with Crippen molar-refractivity contribution < 1.29 is 93.7 Å². The Morgan fingerprint density at radius 2 is 1.37 bits per heavy atom. The first-order valence-corrected chi connectivity index (χ1v) is 16.8. The number of fused-ring (bicyclic) bond motifs is 1. The standard InChI is InChI=1S/C34H42O20/c1-11-23(39)26(42)29(45)32(49-11)54-31-28(44)24(40)20(9-35)52-34(31)48-10-21-25(41)27(43)30(46)33(53-21)51-16-4-3-12(5-18(16)47-2)17-8-15(38)22-14(37)6-13(36)7-19(22)50-17/h3-8,11,20-21,23-37,39-46H,9-10H2,1-2H3/t11-,20+,21+,23-,24-,25+,26+,27-,28-,29+,30+,31+,32-,33+,34+/m0/s1. The molecule has 6 rings (SSSR count). The largest absolute Gasteiger partial charge is 0.508 e. The van der Waals surface area contributed by atoms with Crippen LogP contribution >= 0.6 is 0 Å². The number of hydrogen-bond acceptors (Lipinski definition) is 20. The van der Waals surface area contributed by atoms with E-state index in [1.165, 1.54) is 32.2 Å². The van der Waals surface area contributed by atoms with Gasteiger partial charge in [0.15, 0.2) is 29.5 Å². The van der Waals surface area contributed by atoms with Crippen LogP contribution in [-0.4, -0.2) is 169 Å². The predicted octanol–water partition coefficient (Wildman–Crippen LogP) is -3.27. The van der Waals surface area contributed by atoms with Crippen LogP contribution in [0.5, 0.6) is 23.0 Å². The molecule has 3 aromatic rings. The highest BCUT2D eigenvalue weighted by atomic mass is 16.8. The van der Waals surface area contributed by atoms with Crippen LogP contribution in [0.25, 0.3) is 22.3 Å². The molecule has 54 heavy (non-hydrogen) atoms. The van der Waals surface area contributed by atoms with Crippen LogP contribution in [0.2, 0.25) is 0 Å². The van der Waals surface area contributed by atoms with Crippen molar-refractivity contribution in [3.05, 3.63) is 46.6 Å². The fraction of sp³-hybridized carbons (Fsp3) is 0.559. The number of methoxy groups -OCH3 is 1. The molecule has 0 aliphatic carbocycles. The molecule has 2 aromatic carbocycles. The van der Waals surface area contributed by atoms with E-state index in [2.05, 4.69) is 0 Å². The van der Waals surface area contributed by atoms with Gasteiger partial charge in [-0.05, 0) is 25.1 Å². The minimum absolute atomic E-state index is 0.0354. The summed E-state index contributed by atoms with van der Waals surface area (Å²) in [5.74, 6) is -0.764. The lowest BCUT2D eigenvalue weighted by Crippen LogP contribution is -2.64. The molecule has 3 saturated heterocycles. The van der Waals surface area contributed by atoms with E-state index in [1.54, 1.807) is 0 Å². The molecule has 3 aliphatic rings. The summed E-state index contributed by atoms with van der Waals surface area (Å²) in [5, 5.41) is 114. The zero-order chi connectivity index (χ0) is 39.2. The highest BCUT2D eigenvalue weighted by Gasteiger charge is 2.51. The molecule has 0 saturated carbocycles. The Morgan fingerprint density at radius 3 is 2.07 bits per heavy atom. The predicted molar refractivity (Wildman–Crippen MR) is 176 cm³/mol. The van der Waals surface area contributed by atoms with Crippen LogP contribution in [-0.2, 0) is 23.7 Å². The van der Waals surface area contributed by atoms with Gasteiger partial charge in [-0.2, -0.15) is 0 Å². The Labute approximate surface area is 305 Å². The van der Waals surface area contributed by atoms with Gasteiger partial charge in [0.05, 0.1) is 26.4 Å². The van der Waals surface area contributed by atoms with E-state index in [4.69, 9.17) is 37.6 Å². The van der Waals surface area contributed by atoms with Crippen molar-refractivity contribution in [3.8, 4) is 34.3 Å². The summed E-state index contributed by atoms with van der Waals surface area (Å²) in [4.78, 5) is 12.7. The number of phenols is 2. The number of aliphatic hydroxyl groups is 9. The third-order valence-corrected chi connectivity index (χ3v) is 9.50. The van der Waals surface area contributed by atoms with Crippen LogP contribution < -0.4 is 14.9 Å². The summed E-state index contributed by atoms with van der Waals surface area (Å²) in [5.41, 5.74) is -0.377. The van der Waals surface area contributed by atoms with Crippen molar-refractivity contribution in [1.82, 2.24) is 0 Å². The topological polar surface area (TPSA) is 317 Å². The van der Waals surface area contributed by atoms with Crippen molar-refractivity contribution in [1.29, 1.82) is 0 Å². The Bertz CT molecular complexity index is 1820. The second-order valence-electron chi connectivity index (χ2n) is 13.1. The Kier molecular flexibility index (Phi) is 12.0. The zero-order valence-corrected chi connectivity index (χ0v) is 28.6. The van der Waals surface area contributed by atoms with Gasteiger partial charge in [-0.3, -0.25) is 4.79 Å². The normalized spacial score (nSPS) is 37.3. The van der Waals surface area contributed by atoms with Crippen molar-refractivity contribution in [2.24, 2.45) is 0 Å². The van der Waals surface area contributed by atoms with Crippen LogP contribution in [0.3, 0.4) is 0 Å². The van der Waals surface area contributed by atoms with Gasteiger partial charge in [-0.25, -0.2) is 0 Å². The van der Waals surface area contributed by atoms with Crippen LogP contribution in [0, 0.1) is 0 Å². The fourth-order valence-corrected chi connectivity index (χ4v) is 6.40. The number of phenolic OH excluding ortho intramolecular Hbond substituents is 2. The van der Waals surface area contributed by atoms with E-state index in [0.29, 0.717) is 5.56 Å². The SMILES string of the molecule is COc1cc(-c2cc(=O)c3c(O)cc(O)cc3o2)ccc1O[C@@H]1O[C@H](CO[C@@H]2O[C@H](CO)[C@H](O)[C@H](O)[C@H]2O[C@@H]2O[C@@H](C)[C@H](O)[C@@H](O)[C@H]2O)[C@@H](O)[C@H](O)[C@H]1O. The first-order chi connectivity index (χ1) is 25.6. The number of benzene rings is 2. The summed E-state index contributed by atoms with van der Waals surface area (Å²) in [6.45, 7) is -0.0352. The summed E-state index contributed by atoms with van der Waals surface area (Å²) < 4.78 is 45.2. The molecular weight excluding hydrogens is 728 g/mol. The van der Waals surface area contributed by atoms with E-state index >= 15 is 0 Å². The summed E-state index contributed by atoms with van der Waals surface area (Å²) in [6, 6.07) is 7.52. The summed E-state index contributed by atoms with van der Waals surface area (Å²) in [6.07, 6.45) is -24.5. The minimum atomic E-state index is -1.86. The average molecular weight is 771 g/mol. The lowest BCUT2D eigenvalue weighted by molar-refractivity contribution is -0.369. The molecule has 11 N–H and O–H groups in total. The third kappa shape index (κ3) is 7.72. The zero-order valence-electron chi connectivity index (χ0n) is 28.6. The maximum Gasteiger partial charge on any atom is 0.229 e. The van der Waals surface area contributed by atoms with Gasteiger partial charge in [-0.15, -0.1) is 0 Å². The molecule has 0 amide bonds. The number of rotatable bonds is 10. The number of hydrogen-bond donors (Lipinski definition) is 11. The number of ether oxygens (including phenoxy) is 7. The molecule has 0 bridgehead atoms.